The summed E-state index contributed by atoms with van der Waals surface area (Å²) in [5.41, 5.74) is 0. The van der Waals surface area contributed by atoms with Crippen LogP contribution in [0.5, 0.6) is 0 Å². The molecule has 0 aliphatic carbocycles. The third-order valence-electron chi connectivity index (χ3n) is 3.41. The van der Waals surface area contributed by atoms with Gasteiger partial charge < -0.3 is 25.7 Å². The smallest absolute Gasteiger partial charge is 0.326 e. The van der Waals surface area contributed by atoms with Gasteiger partial charge >= 0.3 is 18.0 Å². The fraction of sp³-hybridized carbons (Fsp3) is 0.769. The molecule has 1 saturated heterocycles. The number of carboxylic acid groups (broad SMARTS) is 2. The van der Waals surface area contributed by atoms with Crippen LogP contribution in [0.25, 0.3) is 0 Å². The summed E-state index contributed by atoms with van der Waals surface area (Å²) >= 11 is 0. The lowest BCUT2D eigenvalue weighted by molar-refractivity contribution is -0.140. The Morgan fingerprint density at radius 3 is 2.33 bits per heavy atom. The maximum atomic E-state index is 11.6. The Kier molecular flexibility index (Phi) is 7.52. The number of likely N-dealkylation sites (tertiary alicyclic amines) is 1. The predicted octanol–water partition coefficient (Wildman–Crippen LogP) is 0.0895. The molecule has 1 aliphatic heterocycles. The molecular formula is C13H23N3O5. The second kappa shape index (κ2) is 9.17. The average molecular weight is 301 g/mol. The van der Waals surface area contributed by atoms with Crippen molar-refractivity contribution in [2.75, 3.05) is 26.2 Å². The van der Waals surface area contributed by atoms with Gasteiger partial charge in [-0.15, -0.1) is 0 Å². The lowest BCUT2D eigenvalue weighted by Gasteiger charge is -2.26. The standard InChI is InChI=1S/C13H23N3O5/c17-11(18)5-4-10(12(19)20)15-13(21)14-6-9-16-7-2-1-3-8-16/h10H,1-9H2,(H,17,18)(H,19,20)(H2,14,15,21)/t10-/m0/s1. The van der Waals surface area contributed by atoms with Gasteiger partial charge in [-0.1, -0.05) is 6.42 Å². The summed E-state index contributed by atoms with van der Waals surface area (Å²) in [6.07, 6.45) is 3.15. The first-order valence-electron chi connectivity index (χ1n) is 7.20. The Labute approximate surface area is 123 Å². The zero-order chi connectivity index (χ0) is 15.7. The van der Waals surface area contributed by atoms with Crippen molar-refractivity contribution < 1.29 is 24.6 Å². The Bertz CT molecular complexity index is 369. The number of carbonyl (C=O) groups is 3. The lowest BCUT2D eigenvalue weighted by Crippen LogP contribution is -2.48. The molecule has 8 nitrogen and oxygen atoms in total. The van der Waals surface area contributed by atoms with Gasteiger partial charge in [-0.05, 0) is 32.4 Å². The molecule has 0 spiro atoms. The summed E-state index contributed by atoms with van der Waals surface area (Å²) in [5, 5.41) is 22.3. The summed E-state index contributed by atoms with van der Waals surface area (Å²) in [4.78, 5) is 35.2. The van der Waals surface area contributed by atoms with Gasteiger partial charge in [0.05, 0.1) is 0 Å². The molecule has 8 heteroatoms. The van der Waals surface area contributed by atoms with Crippen molar-refractivity contribution in [3.8, 4) is 0 Å². The maximum absolute atomic E-state index is 11.6. The molecule has 1 heterocycles. The molecule has 0 aromatic rings. The van der Waals surface area contributed by atoms with E-state index >= 15 is 0 Å². The number of hydrogen-bond donors (Lipinski definition) is 4. The monoisotopic (exact) mass is 301 g/mol. The third-order valence-corrected chi connectivity index (χ3v) is 3.41. The number of carboxylic acids is 2. The highest BCUT2D eigenvalue weighted by Crippen LogP contribution is 2.07. The molecule has 0 unspecified atom stereocenters. The van der Waals surface area contributed by atoms with Crippen molar-refractivity contribution in [3.05, 3.63) is 0 Å². The topological polar surface area (TPSA) is 119 Å². The van der Waals surface area contributed by atoms with Crippen molar-refractivity contribution in [2.45, 2.75) is 38.1 Å². The van der Waals surface area contributed by atoms with Gasteiger partial charge in [-0.25, -0.2) is 9.59 Å². The van der Waals surface area contributed by atoms with E-state index in [0.29, 0.717) is 6.54 Å². The van der Waals surface area contributed by atoms with Gasteiger partial charge in [-0.3, -0.25) is 4.79 Å². The van der Waals surface area contributed by atoms with Crippen LogP contribution in [0, 0.1) is 0 Å². The number of nitrogens with zero attached hydrogens (tertiary/aromatic N) is 1. The Hall–Kier alpha value is -1.83. The van der Waals surface area contributed by atoms with Crippen LogP contribution < -0.4 is 10.6 Å². The molecule has 0 aromatic carbocycles. The Morgan fingerprint density at radius 1 is 1.10 bits per heavy atom. The molecule has 4 N–H and O–H groups in total. The summed E-state index contributed by atoms with van der Waals surface area (Å²) in [6.45, 7) is 3.23. The molecule has 0 aromatic heterocycles. The molecule has 0 radical (unpaired) electrons. The van der Waals surface area contributed by atoms with Crippen molar-refractivity contribution in [1.29, 1.82) is 0 Å². The van der Waals surface area contributed by atoms with E-state index in [4.69, 9.17) is 10.2 Å². The minimum atomic E-state index is -1.23. The molecular weight excluding hydrogens is 278 g/mol. The first-order valence-corrected chi connectivity index (χ1v) is 7.20. The summed E-state index contributed by atoms with van der Waals surface area (Å²) in [5.74, 6) is -2.32. The second-order valence-corrected chi connectivity index (χ2v) is 5.13. The lowest BCUT2D eigenvalue weighted by atomic mass is 10.1. The van der Waals surface area contributed by atoms with E-state index in [1.165, 1.54) is 19.3 Å². The zero-order valence-corrected chi connectivity index (χ0v) is 12.0. The maximum Gasteiger partial charge on any atom is 0.326 e. The van der Waals surface area contributed by atoms with E-state index in [0.717, 1.165) is 19.6 Å². The van der Waals surface area contributed by atoms with E-state index in [9.17, 15) is 14.4 Å². The van der Waals surface area contributed by atoms with Gasteiger partial charge in [0, 0.05) is 19.5 Å². The highest BCUT2D eigenvalue weighted by molar-refractivity contribution is 5.82. The van der Waals surface area contributed by atoms with Gasteiger partial charge in [-0.2, -0.15) is 0 Å². The van der Waals surface area contributed by atoms with E-state index in [1.807, 2.05) is 0 Å². The van der Waals surface area contributed by atoms with Crippen LogP contribution in [0.15, 0.2) is 0 Å². The van der Waals surface area contributed by atoms with E-state index < -0.39 is 24.0 Å². The van der Waals surface area contributed by atoms with E-state index in [2.05, 4.69) is 15.5 Å². The molecule has 21 heavy (non-hydrogen) atoms. The SMILES string of the molecule is O=C(O)CC[C@H](NC(=O)NCCN1CCCCC1)C(=O)O. The van der Waals surface area contributed by atoms with Crippen molar-refractivity contribution >= 4 is 18.0 Å². The van der Waals surface area contributed by atoms with Crippen molar-refractivity contribution in [3.63, 3.8) is 0 Å². The van der Waals surface area contributed by atoms with Crippen LogP contribution in [-0.2, 0) is 9.59 Å². The Balaban J connectivity index is 2.22. The molecule has 1 aliphatic rings. The largest absolute Gasteiger partial charge is 0.481 e. The van der Waals surface area contributed by atoms with Gasteiger partial charge in [0.1, 0.15) is 6.04 Å². The van der Waals surface area contributed by atoms with Crippen molar-refractivity contribution in [1.82, 2.24) is 15.5 Å². The van der Waals surface area contributed by atoms with Crippen LogP contribution in [0.1, 0.15) is 32.1 Å². The number of piperidine rings is 1. The fourth-order valence-electron chi connectivity index (χ4n) is 2.25. The minimum absolute atomic E-state index is 0.135. The summed E-state index contributed by atoms with van der Waals surface area (Å²) < 4.78 is 0. The number of amides is 2. The quantitative estimate of drug-likeness (QED) is 0.504. The average Bonchev–Trinajstić information content (AvgIpc) is 2.44. The first-order chi connectivity index (χ1) is 9.99. The van der Waals surface area contributed by atoms with Gasteiger partial charge in [0.25, 0.3) is 0 Å². The molecule has 1 fully saturated rings. The molecule has 1 atom stereocenters. The minimum Gasteiger partial charge on any atom is -0.481 e. The number of urea groups is 1. The molecule has 0 saturated carbocycles. The number of aliphatic carboxylic acids is 2. The highest BCUT2D eigenvalue weighted by atomic mass is 16.4. The number of rotatable bonds is 8. The van der Waals surface area contributed by atoms with Crippen LogP contribution >= 0.6 is 0 Å². The zero-order valence-electron chi connectivity index (χ0n) is 12.0. The van der Waals surface area contributed by atoms with Gasteiger partial charge in [0.2, 0.25) is 0 Å². The first kappa shape index (κ1) is 17.2. The molecule has 120 valence electrons. The highest BCUT2D eigenvalue weighted by Gasteiger charge is 2.20. The summed E-state index contributed by atoms with van der Waals surface area (Å²) in [7, 11) is 0. The van der Waals surface area contributed by atoms with E-state index in [1.54, 1.807) is 0 Å². The van der Waals surface area contributed by atoms with Crippen LogP contribution in [0.2, 0.25) is 0 Å². The number of hydrogen-bond acceptors (Lipinski definition) is 4. The predicted molar refractivity (Wildman–Crippen MR) is 75.1 cm³/mol. The normalized spacial score (nSPS) is 17.0. The third kappa shape index (κ3) is 7.50. The van der Waals surface area contributed by atoms with Crippen LogP contribution in [0.4, 0.5) is 4.79 Å². The molecule has 2 amide bonds. The van der Waals surface area contributed by atoms with Crippen molar-refractivity contribution in [2.24, 2.45) is 0 Å². The van der Waals surface area contributed by atoms with Crippen LogP contribution in [0.3, 0.4) is 0 Å². The second-order valence-electron chi connectivity index (χ2n) is 5.13. The summed E-state index contributed by atoms with van der Waals surface area (Å²) in [6, 6.07) is -1.76. The fourth-order valence-corrected chi connectivity index (χ4v) is 2.25. The van der Waals surface area contributed by atoms with Crippen LogP contribution in [-0.4, -0.2) is 65.3 Å². The Morgan fingerprint density at radius 2 is 1.76 bits per heavy atom. The number of carbonyl (C=O) groups excluding carboxylic acids is 1. The van der Waals surface area contributed by atoms with E-state index in [-0.39, 0.29) is 12.8 Å². The number of nitrogens with one attached hydrogen (secondary N) is 2. The molecule has 1 rings (SSSR count). The molecule has 0 bridgehead atoms. The van der Waals surface area contributed by atoms with Gasteiger partial charge in [0.15, 0.2) is 0 Å².